The van der Waals surface area contributed by atoms with Crippen LogP contribution in [0.15, 0.2) is 15.8 Å². The van der Waals surface area contributed by atoms with Gasteiger partial charge in [-0.15, -0.1) is 0 Å². The summed E-state index contributed by atoms with van der Waals surface area (Å²) in [4.78, 5) is 27.5. The molecule has 1 aromatic heterocycles. The first-order valence-electron chi connectivity index (χ1n) is 15.4. The normalized spacial score (nSPS) is 20.1. The van der Waals surface area contributed by atoms with Crippen molar-refractivity contribution in [2.45, 2.75) is 77.4 Å². The van der Waals surface area contributed by atoms with E-state index in [9.17, 15) is 14.2 Å². The third-order valence-electron chi connectivity index (χ3n) is 6.56. The summed E-state index contributed by atoms with van der Waals surface area (Å²) in [6.07, 6.45) is -1.04. The van der Waals surface area contributed by atoms with Gasteiger partial charge in [0.1, 0.15) is 18.3 Å². The van der Waals surface area contributed by atoms with Gasteiger partial charge in [-0.3, -0.25) is 23.4 Å². The Labute approximate surface area is 276 Å². The van der Waals surface area contributed by atoms with E-state index in [2.05, 4.69) is 16.1 Å². The number of aromatic nitrogens is 2. The van der Waals surface area contributed by atoms with Crippen molar-refractivity contribution in [2.24, 2.45) is 0 Å². The predicted molar refractivity (Wildman–Crippen MR) is 170 cm³/mol. The van der Waals surface area contributed by atoms with E-state index in [4.69, 9.17) is 48.1 Å². The zero-order valence-electron chi connectivity index (χ0n) is 27.3. The van der Waals surface area contributed by atoms with E-state index in [0.717, 1.165) is 12.8 Å². The fourth-order valence-electron chi connectivity index (χ4n) is 4.44. The second-order valence-corrected chi connectivity index (χ2v) is 13.6. The van der Waals surface area contributed by atoms with E-state index < -0.39 is 52.1 Å². The Kier molecular flexibility index (Phi) is 19.1. The van der Waals surface area contributed by atoms with Gasteiger partial charge in [-0.25, -0.2) is 19.1 Å². The van der Waals surface area contributed by atoms with Gasteiger partial charge in [0.2, 0.25) is 0 Å². The summed E-state index contributed by atoms with van der Waals surface area (Å²) in [7, 11) is -4.33. The van der Waals surface area contributed by atoms with E-state index in [1.807, 2.05) is 30.7 Å². The summed E-state index contributed by atoms with van der Waals surface area (Å²) >= 11 is 0. The molecule has 1 unspecified atom stereocenters. The summed E-state index contributed by atoms with van der Waals surface area (Å²) < 4.78 is 58.3. The van der Waals surface area contributed by atoms with Gasteiger partial charge in [-0.1, -0.05) is 13.8 Å². The van der Waals surface area contributed by atoms with Crippen molar-refractivity contribution in [3.63, 3.8) is 0 Å². The van der Waals surface area contributed by atoms with Gasteiger partial charge >= 0.3 is 13.4 Å². The molecule has 2 rings (SSSR count). The molecule has 47 heavy (non-hydrogen) atoms. The second-order valence-electron chi connectivity index (χ2n) is 10.2. The highest BCUT2D eigenvalue weighted by Gasteiger charge is 2.50. The van der Waals surface area contributed by atoms with E-state index in [1.54, 1.807) is 6.92 Å². The largest absolute Gasteiger partial charge is 0.405 e. The molecule has 262 valence electrons. The first-order valence-corrected chi connectivity index (χ1v) is 18.0. The van der Waals surface area contributed by atoms with Crippen LogP contribution in [0.4, 0.5) is 0 Å². The highest BCUT2D eigenvalue weighted by atomic mass is 31.2. The maximum absolute atomic E-state index is 13.6. The number of hydrogen-bond acceptors (Lipinski definition) is 14. The van der Waals surface area contributed by atoms with Gasteiger partial charge in [0.15, 0.2) is 6.23 Å². The molecule has 2 heterocycles. The Hall–Kier alpha value is -2.55. The molecule has 0 saturated carbocycles. The number of nitrogens with zero attached hydrogens (tertiary/aromatic N) is 5. The Morgan fingerprint density at radius 3 is 2.19 bits per heavy atom. The van der Waals surface area contributed by atoms with Crippen molar-refractivity contribution in [1.29, 1.82) is 15.8 Å². The topological polar surface area (TPSA) is 223 Å². The van der Waals surface area contributed by atoms with Crippen molar-refractivity contribution in [2.75, 3.05) is 59.8 Å². The molecule has 2 N–H and O–H groups in total. The molecule has 1 aliphatic heterocycles. The molecule has 5 atom stereocenters. The Morgan fingerprint density at radius 1 is 1.00 bits per heavy atom. The third-order valence-corrected chi connectivity index (χ3v) is 9.87. The van der Waals surface area contributed by atoms with E-state index >= 15 is 0 Å². The van der Waals surface area contributed by atoms with E-state index in [-0.39, 0.29) is 64.4 Å². The van der Waals surface area contributed by atoms with Gasteiger partial charge in [-0.2, -0.15) is 15.8 Å². The number of aromatic amines is 1. The Morgan fingerprint density at radius 2 is 1.62 bits per heavy atom. The van der Waals surface area contributed by atoms with Crippen LogP contribution in [0.1, 0.15) is 57.7 Å². The van der Waals surface area contributed by atoms with Crippen LogP contribution in [0, 0.1) is 40.9 Å². The molecule has 1 fully saturated rings. The summed E-state index contributed by atoms with van der Waals surface area (Å²) in [6, 6.07) is 5.88. The number of nitriles is 3. The lowest BCUT2D eigenvalue weighted by molar-refractivity contribution is -0.0781. The minimum absolute atomic E-state index is 0.0556. The molecule has 1 aliphatic rings. The summed E-state index contributed by atoms with van der Waals surface area (Å²) in [6.45, 7) is 6.65. The van der Waals surface area contributed by atoms with Crippen LogP contribution in [0.5, 0.6) is 0 Å². The van der Waals surface area contributed by atoms with Gasteiger partial charge in [0.05, 0.1) is 70.5 Å². The molecule has 0 radical (unpaired) electrons. The van der Waals surface area contributed by atoms with Gasteiger partial charge < -0.3 is 23.3 Å². The van der Waals surface area contributed by atoms with Gasteiger partial charge in [0.25, 0.3) is 14.1 Å². The Balaban J connectivity index is 2.58. The Bertz CT molecular complexity index is 1350. The maximum atomic E-state index is 13.6. The van der Waals surface area contributed by atoms with Crippen LogP contribution in [0.3, 0.4) is 0 Å². The third kappa shape index (κ3) is 13.1. The lowest BCUT2D eigenvalue weighted by Gasteiger charge is -2.34. The molecule has 0 bridgehead atoms. The molecule has 0 spiro atoms. The molecule has 19 heteroatoms. The van der Waals surface area contributed by atoms with Crippen LogP contribution in [0.25, 0.3) is 0 Å². The summed E-state index contributed by atoms with van der Waals surface area (Å²) in [5, 5.41) is 29.8. The molecular weight excluding hydrogens is 656 g/mol. The number of rotatable bonds is 24. The number of ether oxygens (including phenoxy) is 3. The highest BCUT2D eigenvalue weighted by Crippen LogP contribution is 2.49. The zero-order valence-corrected chi connectivity index (χ0v) is 29.1. The van der Waals surface area contributed by atoms with Crippen molar-refractivity contribution in [3.8, 4) is 18.2 Å². The minimum Gasteiger partial charge on any atom is -0.382 e. The lowest BCUT2D eigenvalue weighted by Crippen LogP contribution is -2.43. The fourth-order valence-corrected chi connectivity index (χ4v) is 7.56. The number of hydrogen-bond donors (Lipinski definition) is 2. The first kappa shape index (κ1) is 40.6. The van der Waals surface area contributed by atoms with Crippen LogP contribution >= 0.6 is 16.3 Å². The molecule has 1 aromatic rings. The predicted octanol–water partition coefficient (Wildman–Crippen LogP) is 3.00. The van der Waals surface area contributed by atoms with E-state index in [0.29, 0.717) is 13.1 Å². The molecule has 0 amide bonds. The van der Waals surface area contributed by atoms with Crippen molar-refractivity contribution in [3.05, 3.63) is 32.6 Å². The van der Waals surface area contributed by atoms with Crippen LogP contribution in [0.2, 0.25) is 0 Å². The fraction of sp³-hybridized carbons (Fsp3) is 0.750. The monoisotopic (exact) mass is 701 g/mol. The molecule has 17 nitrogen and oxygen atoms in total. The van der Waals surface area contributed by atoms with Crippen LogP contribution in [-0.4, -0.2) is 92.3 Å². The maximum Gasteiger partial charge on any atom is 0.405 e. The number of H-pyrrole nitrogens is 1. The van der Waals surface area contributed by atoms with Gasteiger partial charge in [0, 0.05) is 38.5 Å². The average molecular weight is 702 g/mol. The SMILES string of the molecule is CCCN(CCC)P(OCCC#N)O[C@H]1[C@@H](OCCOC)[C@H](n2cc(C)c(=O)[nH]c2=O)O[C@@H]1CNP(=O)(OCCC#N)OCCC#N. The van der Waals surface area contributed by atoms with Crippen molar-refractivity contribution < 1.29 is 36.9 Å². The second kappa shape index (κ2) is 22.2. The highest BCUT2D eigenvalue weighted by molar-refractivity contribution is 7.51. The lowest BCUT2D eigenvalue weighted by atomic mass is 10.1. The molecular formula is C28H45N7O10P2. The molecule has 0 aliphatic carbocycles. The van der Waals surface area contributed by atoms with Crippen LogP contribution in [-0.2, 0) is 36.9 Å². The smallest absolute Gasteiger partial charge is 0.382 e. The van der Waals surface area contributed by atoms with E-state index in [1.165, 1.54) is 17.9 Å². The van der Waals surface area contributed by atoms with Crippen LogP contribution < -0.4 is 16.3 Å². The quantitative estimate of drug-likeness (QED) is 0.117. The van der Waals surface area contributed by atoms with Crippen molar-refractivity contribution >= 4 is 16.3 Å². The summed E-state index contributed by atoms with van der Waals surface area (Å²) in [5.74, 6) is 0. The molecule has 0 aromatic carbocycles. The number of nitrogens with one attached hydrogen (secondary N) is 2. The minimum atomic E-state index is -4.05. The first-order chi connectivity index (χ1) is 22.7. The number of methoxy groups -OCH3 is 1. The number of aryl methyl sites for hydroxylation is 1. The standard InChI is InChI=1S/C28H45N7O10P2/c1-5-13-34(14-6-2)46(41-15-7-10-29)45-24-23(20-32-47(38,42-16-8-11-30)43-17-9-12-31)44-27(25(24)40-19-18-39-4)35-21-22(3)26(36)33-28(35)37/h21,23-25,27H,5-9,13-20H2,1-4H3,(H,32,38)(H,33,36,37)/t23-,24-,25-,27-,46?/m1/s1. The average Bonchev–Trinajstić information content (AvgIpc) is 3.38. The zero-order chi connectivity index (χ0) is 34.7. The van der Waals surface area contributed by atoms with Crippen molar-refractivity contribution in [1.82, 2.24) is 19.3 Å². The summed E-state index contributed by atoms with van der Waals surface area (Å²) in [5.41, 5.74) is -1.04. The molecule has 1 saturated heterocycles. The van der Waals surface area contributed by atoms with Gasteiger partial charge in [-0.05, 0) is 19.8 Å².